The Hall–Kier alpha value is -2.29. The normalized spacial score (nSPS) is 17.6. The van der Waals surface area contributed by atoms with Crippen LogP contribution in [0.25, 0.3) is 0 Å². The summed E-state index contributed by atoms with van der Waals surface area (Å²) in [7, 11) is 0. The molecule has 34 heavy (non-hydrogen) atoms. The number of piperazine rings is 1. The Bertz CT molecular complexity index is 863. The number of piperidine rings is 1. The molecule has 0 bridgehead atoms. The molecule has 0 radical (unpaired) electrons. The van der Waals surface area contributed by atoms with E-state index in [0.29, 0.717) is 5.56 Å². The van der Waals surface area contributed by atoms with E-state index in [1.54, 1.807) is 13.0 Å². The molecule has 5 nitrogen and oxygen atoms in total. The lowest BCUT2D eigenvalue weighted by Gasteiger charge is -2.26. The van der Waals surface area contributed by atoms with E-state index >= 15 is 0 Å². The van der Waals surface area contributed by atoms with Crippen LogP contribution in [0.2, 0.25) is 0 Å². The maximum absolute atomic E-state index is 12.9. The van der Waals surface area contributed by atoms with Crippen molar-refractivity contribution in [2.75, 3.05) is 52.4 Å². The quantitative estimate of drug-likeness (QED) is 0.642. The van der Waals surface area contributed by atoms with Crippen molar-refractivity contribution in [2.24, 2.45) is 0 Å². The standard InChI is InChI=1S/C13H16F3NO.C13H20N2O/c1-9-2-3-12(11(8-9)13(14,15)16)18-10-4-6-17-7-5-10;1-12-2-4-13(5-3-12)16-11-10-15-8-6-14-7-9-15/h2-3,8,10,17H,4-7H2,1H3;2-5,14H,6-11H2,1H3. The van der Waals surface area contributed by atoms with Gasteiger partial charge < -0.3 is 20.1 Å². The average Bonchev–Trinajstić information content (AvgIpc) is 2.83. The molecule has 2 aliphatic heterocycles. The van der Waals surface area contributed by atoms with Gasteiger partial charge in [-0.3, -0.25) is 4.90 Å². The van der Waals surface area contributed by atoms with Crippen molar-refractivity contribution in [3.8, 4) is 11.5 Å². The van der Waals surface area contributed by atoms with Gasteiger partial charge in [0.05, 0.1) is 5.56 Å². The molecular formula is C26H36F3N3O2. The monoisotopic (exact) mass is 479 g/mol. The van der Waals surface area contributed by atoms with Crippen LogP contribution in [0.15, 0.2) is 42.5 Å². The van der Waals surface area contributed by atoms with Gasteiger partial charge in [0.1, 0.15) is 24.2 Å². The van der Waals surface area contributed by atoms with Crippen LogP contribution in [0.4, 0.5) is 13.2 Å². The number of alkyl halides is 3. The van der Waals surface area contributed by atoms with Crippen LogP contribution >= 0.6 is 0 Å². The highest BCUT2D eigenvalue weighted by atomic mass is 19.4. The van der Waals surface area contributed by atoms with Crippen LogP contribution in [0.3, 0.4) is 0 Å². The third-order valence-corrected chi connectivity index (χ3v) is 5.93. The average molecular weight is 480 g/mol. The van der Waals surface area contributed by atoms with Crippen LogP contribution in [0, 0.1) is 13.8 Å². The Balaban J connectivity index is 0.000000192. The van der Waals surface area contributed by atoms with Crippen molar-refractivity contribution in [1.29, 1.82) is 0 Å². The Labute approximate surface area is 200 Å². The zero-order chi connectivity index (χ0) is 24.4. The zero-order valence-corrected chi connectivity index (χ0v) is 20.1. The fourth-order valence-corrected chi connectivity index (χ4v) is 3.92. The smallest absolute Gasteiger partial charge is 0.419 e. The number of nitrogens with zero attached hydrogens (tertiary/aromatic N) is 1. The molecular weight excluding hydrogens is 443 g/mol. The molecule has 2 saturated heterocycles. The summed E-state index contributed by atoms with van der Waals surface area (Å²) in [6.07, 6.45) is -3.01. The molecule has 2 N–H and O–H groups in total. The highest BCUT2D eigenvalue weighted by molar-refractivity contribution is 5.39. The van der Waals surface area contributed by atoms with Crippen molar-refractivity contribution in [3.05, 3.63) is 59.2 Å². The maximum Gasteiger partial charge on any atom is 0.419 e. The Morgan fingerprint density at radius 1 is 0.882 bits per heavy atom. The number of aryl methyl sites for hydroxylation is 2. The predicted octanol–water partition coefficient (Wildman–Crippen LogP) is 4.42. The lowest BCUT2D eigenvalue weighted by molar-refractivity contribution is -0.139. The summed E-state index contributed by atoms with van der Waals surface area (Å²) >= 11 is 0. The first-order chi connectivity index (χ1) is 16.3. The third kappa shape index (κ3) is 8.81. The Morgan fingerprint density at radius 2 is 1.50 bits per heavy atom. The first-order valence-corrected chi connectivity index (χ1v) is 12.0. The number of hydrogen-bond donors (Lipinski definition) is 2. The van der Waals surface area contributed by atoms with Crippen molar-refractivity contribution in [3.63, 3.8) is 0 Å². The molecule has 2 fully saturated rings. The van der Waals surface area contributed by atoms with Crippen LogP contribution in [-0.4, -0.2) is 63.4 Å². The van der Waals surface area contributed by atoms with E-state index in [1.165, 1.54) is 11.6 Å². The molecule has 0 unspecified atom stereocenters. The molecule has 0 amide bonds. The van der Waals surface area contributed by atoms with Crippen LogP contribution in [0.1, 0.15) is 29.5 Å². The summed E-state index contributed by atoms with van der Waals surface area (Å²) in [6, 6.07) is 12.4. The molecule has 0 aliphatic carbocycles. The molecule has 0 spiro atoms. The number of hydrogen-bond acceptors (Lipinski definition) is 5. The minimum atomic E-state index is -4.37. The zero-order valence-electron chi connectivity index (χ0n) is 20.1. The second-order valence-corrected chi connectivity index (χ2v) is 8.82. The summed E-state index contributed by atoms with van der Waals surface area (Å²) in [5, 5.41) is 6.50. The second-order valence-electron chi connectivity index (χ2n) is 8.82. The molecule has 0 saturated carbocycles. The number of rotatable bonds is 6. The van der Waals surface area contributed by atoms with Gasteiger partial charge in [0.15, 0.2) is 0 Å². The topological polar surface area (TPSA) is 45.8 Å². The number of halogens is 3. The van der Waals surface area contributed by atoms with E-state index in [1.807, 2.05) is 12.1 Å². The van der Waals surface area contributed by atoms with E-state index in [9.17, 15) is 13.2 Å². The van der Waals surface area contributed by atoms with Gasteiger partial charge in [0.25, 0.3) is 0 Å². The number of nitrogens with one attached hydrogen (secondary N) is 2. The summed E-state index contributed by atoms with van der Waals surface area (Å²) in [5.41, 5.74) is 1.18. The highest BCUT2D eigenvalue weighted by Crippen LogP contribution is 2.37. The molecule has 8 heteroatoms. The summed E-state index contributed by atoms with van der Waals surface area (Å²) < 4.78 is 49.9. The van der Waals surface area contributed by atoms with Gasteiger partial charge in [-0.2, -0.15) is 13.2 Å². The predicted molar refractivity (Wildman–Crippen MR) is 129 cm³/mol. The van der Waals surface area contributed by atoms with E-state index in [4.69, 9.17) is 9.47 Å². The molecule has 2 aromatic rings. The minimum absolute atomic E-state index is 0.0556. The minimum Gasteiger partial charge on any atom is -0.492 e. The molecule has 0 atom stereocenters. The molecule has 2 heterocycles. The van der Waals surface area contributed by atoms with E-state index < -0.39 is 11.7 Å². The van der Waals surface area contributed by atoms with Crippen molar-refractivity contribution >= 4 is 0 Å². The Morgan fingerprint density at radius 3 is 2.15 bits per heavy atom. The molecule has 2 aromatic carbocycles. The van der Waals surface area contributed by atoms with Crippen LogP contribution in [-0.2, 0) is 6.18 Å². The molecule has 0 aromatic heterocycles. The lowest BCUT2D eigenvalue weighted by atomic mass is 10.1. The van der Waals surface area contributed by atoms with Crippen molar-refractivity contribution < 1.29 is 22.6 Å². The van der Waals surface area contributed by atoms with Gasteiger partial charge in [-0.1, -0.05) is 29.3 Å². The largest absolute Gasteiger partial charge is 0.492 e. The first kappa shape index (κ1) is 26.3. The van der Waals surface area contributed by atoms with Gasteiger partial charge in [-0.15, -0.1) is 0 Å². The lowest BCUT2D eigenvalue weighted by Crippen LogP contribution is -2.44. The van der Waals surface area contributed by atoms with Crippen molar-refractivity contribution in [1.82, 2.24) is 15.5 Å². The fraction of sp³-hybridized carbons (Fsp3) is 0.538. The Kier molecular flexibility index (Phi) is 10.0. The maximum atomic E-state index is 12.9. The van der Waals surface area contributed by atoms with E-state index in [0.717, 1.165) is 77.1 Å². The number of ether oxygens (including phenoxy) is 2. The van der Waals surface area contributed by atoms with Crippen molar-refractivity contribution in [2.45, 2.75) is 39.0 Å². The van der Waals surface area contributed by atoms with Gasteiger partial charge in [-0.05, 0) is 64.0 Å². The summed E-state index contributed by atoms with van der Waals surface area (Å²) in [6.45, 7) is 11.6. The van der Waals surface area contributed by atoms with Gasteiger partial charge in [-0.25, -0.2) is 0 Å². The highest BCUT2D eigenvalue weighted by Gasteiger charge is 2.35. The molecule has 2 aliphatic rings. The summed E-state index contributed by atoms with van der Waals surface area (Å²) in [4.78, 5) is 2.44. The van der Waals surface area contributed by atoms with Crippen LogP contribution in [0.5, 0.6) is 11.5 Å². The second kappa shape index (κ2) is 13.0. The fourth-order valence-electron chi connectivity index (χ4n) is 3.92. The number of benzene rings is 2. The third-order valence-electron chi connectivity index (χ3n) is 5.93. The van der Waals surface area contributed by atoms with Gasteiger partial charge in [0.2, 0.25) is 0 Å². The molecule has 4 rings (SSSR count). The van der Waals surface area contributed by atoms with Gasteiger partial charge >= 0.3 is 6.18 Å². The van der Waals surface area contributed by atoms with E-state index in [2.05, 4.69) is 34.6 Å². The van der Waals surface area contributed by atoms with Crippen LogP contribution < -0.4 is 20.1 Å². The molecule has 188 valence electrons. The summed E-state index contributed by atoms with van der Waals surface area (Å²) in [5.74, 6) is 0.917. The van der Waals surface area contributed by atoms with Gasteiger partial charge in [0, 0.05) is 32.7 Å². The van der Waals surface area contributed by atoms with E-state index in [-0.39, 0.29) is 11.9 Å². The first-order valence-electron chi connectivity index (χ1n) is 12.0. The SMILES string of the molecule is Cc1ccc(OC2CCNCC2)c(C(F)(F)F)c1.Cc1ccc(OCCN2CCNCC2)cc1.